The maximum Gasteiger partial charge on any atom is 0.146 e. The van der Waals surface area contributed by atoms with Crippen LogP contribution in [0, 0.1) is 25.2 Å². The van der Waals surface area contributed by atoms with Crippen LogP contribution in [0.25, 0.3) is 0 Å². The molecular formula is C12H12N4S. The molecule has 0 unspecified atom stereocenters. The second-order valence-electron chi connectivity index (χ2n) is 3.68. The fraction of sp³-hybridized carbons (Fsp3) is 0.250. The van der Waals surface area contributed by atoms with Crippen LogP contribution >= 0.6 is 11.3 Å². The Balaban J connectivity index is 2.12. The Morgan fingerprint density at radius 1 is 1.41 bits per heavy atom. The number of nitrogens with one attached hydrogen (secondary N) is 1. The number of hydrogen-bond acceptors (Lipinski definition) is 5. The summed E-state index contributed by atoms with van der Waals surface area (Å²) in [5.74, 6) is 1.30. The largest absolute Gasteiger partial charge is 0.365 e. The summed E-state index contributed by atoms with van der Waals surface area (Å²) in [5.41, 5.74) is 1.66. The Morgan fingerprint density at radius 2 is 2.24 bits per heavy atom. The van der Waals surface area contributed by atoms with Gasteiger partial charge in [-0.1, -0.05) is 0 Å². The van der Waals surface area contributed by atoms with E-state index in [-0.39, 0.29) is 0 Å². The Hall–Kier alpha value is -1.93. The summed E-state index contributed by atoms with van der Waals surface area (Å²) in [6, 6.07) is 5.78. The Bertz CT molecular complexity index is 568. The quantitative estimate of drug-likeness (QED) is 0.901. The van der Waals surface area contributed by atoms with Crippen molar-refractivity contribution in [2.75, 3.05) is 5.32 Å². The molecule has 0 aliphatic carbocycles. The number of hydrogen-bond donors (Lipinski definition) is 1. The molecule has 2 aromatic rings. The molecule has 0 saturated heterocycles. The average molecular weight is 244 g/mol. The molecule has 0 aliphatic rings. The van der Waals surface area contributed by atoms with E-state index < -0.39 is 0 Å². The van der Waals surface area contributed by atoms with Crippen LogP contribution in [0.2, 0.25) is 0 Å². The van der Waals surface area contributed by atoms with E-state index in [1.165, 1.54) is 10.4 Å². The van der Waals surface area contributed by atoms with Gasteiger partial charge in [-0.15, -0.1) is 11.3 Å². The third kappa shape index (κ3) is 2.80. The highest BCUT2D eigenvalue weighted by atomic mass is 32.1. The first-order valence-corrected chi connectivity index (χ1v) is 6.09. The molecule has 4 nitrogen and oxygen atoms in total. The van der Waals surface area contributed by atoms with E-state index in [0.717, 1.165) is 6.54 Å². The van der Waals surface area contributed by atoms with Crippen LogP contribution in [0.15, 0.2) is 17.5 Å². The molecule has 0 bridgehead atoms. The van der Waals surface area contributed by atoms with E-state index in [9.17, 15) is 0 Å². The van der Waals surface area contributed by atoms with Gasteiger partial charge in [-0.05, 0) is 30.9 Å². The number of aromatic nitrogens is 2. The lowest BCUT2D eigenvalue weighted by Crippen LogP contribution is -2.03. The topological polar surface area (TPSA) is 61.6 Å². The summed E-state index contributed by atoms with van der Waals surface area (Å²) >= 11 is 1.71. The van der Waals surface area contributed by atoms with Crippen molar-refractivity contribution >= 4 is 17.2 Å². The number of anilines is 1. The van der Waals surface area contributed by atoms with Crippen molar-refractivity contribution in [2.45, 2.75) is 20.4 Å². The molecule has 86 valence electrons. The Kier molecular flexibility index (Phi) is 3.35. The van der Waals surface area contributed by atoms with E-state index in [2.05, 4.69) is 33.7 Å². The van der Waals surface area contributed by atoms with Crippen LogP contribution in [0.1, 0.15) is 22.0 Å². The molecule has 2 aromatic heterocycles. The molecule has 0 spiro atoms. The van der Waals surface area contributed by atoms with Crippen LogP contribution in [0.5, 0.6) is 0 Å². The van der Waals surface area contributed by atoms with Crippen molar-refractivity contribution in [3.63, 3.8) is 0 Å². The molecule has 0 saturated carbocycles. The molecule has 0 aliphatic heterocycles. The second kappa shape index (κ2) is 4.93. The van der Waals surface area contributed by atoms with Crippen molar-refractivity contribution in [3.8, 4) is 6.07 Å². The molecule has 2 rings (SSSR count). The summed E-state index contributed by atoms with van der Waals surface area (Å²) in [4.78, 5) is 9.53. The maximum atomic E-state index is 8.82. The normalized spacial score (nSPS) is 9.94. The number of nitriles is 1. The third-order valence-electron chi connectivity index (χ3n) is 2.35. The Morgan fingerprint density at radius 3 is 2.88 bits per heavy atom. The summed E-state index contributed by atoms with van der Waals surface area (Å²) in [7, 11) is 0. The number of aryl methyl sites for hydroxylation is 2. The maximum absolute atomic E-state index is 8.82. The van der Waals surface area contributed by atoms with Gasteiger partial charge in [-0.2, -0.15) is 5.26 Å². The molecule has 1 N–H and O–H groups in total. The van der Waals surface area contributed by atoms with Crippen molar-refractivity contribution in [1.82, 2.24) is 9.97 Å². The summed E-state index contributed by atoms with van der Waals surface area (Å²) in [5, 5.41) is 14.1. The zero-order chi connectivity index (χ0) is 12.3. The van der Waals surface area contributed by atoms with Gasteiger partial charge < -0.3 is 5.32 Å². The van der Waals surface area contributed by atoms with Crippen LogP contribution in [-0.2, 0) is 6.54 Å². The van der Waals surface area contributed by atoms with Crippen LogP contribution in [-0.4, -0.2) is 9.97 Å². The lowest BCUT2D eigenvalue weighted by atomic mass is 10.3. The molecular weight excluding hydrogens is 232 g/mol. The molecule has 0 atom stereocenters. The molecule has 17 heavy (non-hydrogen) atoms. The molecule has 0 aromatic carbocycles. The molecule has 0 amide bonds. The smallest absolute Gasteiger partial charge is 0.146 e. The van der Waals surface area contributed by atoms with Gasteiger partial charge in [0.05, 0.1) is 6.54 Å². The van der Waals surface area contributed by atoms with E-state index in [1.807, 2.05) is 6.07 Å². The predicted octanol–water partition coefficient (Wildman–Crippen LogP) is 2.64. The molecule has 0 radical (unpaired) electrons. The second-order valence-corrected chi connectivity index (χ2v) is 4.68. The minimum Gasteiger partial charge on any atom is -0.365 e. The van der Waals surface area contributed by atoms with Gasteiger partial charge in [-0.25, -0.2) is 9.97 Å². The minimum absolute atomic E-state index is 0.392. The van der Waals surface area contributed by atoms with Crippen molar-refractivity contribution in [1.29, 1.82) is 5.26 Å². The van der Waals surface area contributed by atoms with Gasteiger partial charge in [0, 0.05) is 10.9 Å². The monoisotopic (exact) mass is 244 g/mol. The van der Waals surface area contributed by atoms with Crippen LogP contribution in [0.4, 0.5) is 5.82 Å². The number of rotatable bonds is 3. The first-order chi connectivity index (χ1) is 8.19. The fourth-order valence-corrected chi connectivity index (χ4v) is 2.32. The van der Waals surface area contributed by atoms with Crippen LogP contribution in [0.3, 0.4) is 0 Å². The average Bonchev–Trinajstić information content (AvgIpc) is 2.71. The minimum atomic E-state index is 0.392. The van der Waals surface area contributed by atoms with Gasteiger partial charge in [0.1, 0.15) is 23.4 Å². The van der Waals surface area contributed by atoms with Gasteiger partial charge >= 0.3 is 0 Å². The molecule has 0 fully saturated rings. The van der Waals surface area contributed by atoms with E-state index >= 15 is 0 Å². The summed E-state index contributed by atoms with van der Waals surface area (Å²) < 4.78 is 0. The van der Waals surface area contributed by atoms with E-state index in [1.54, 1.807) is 24.3 Å². The van der Waals surface area contributed by atoms with Crippen molar-refractivity contribution in [3.05, 3.63) is 39.5 Å². The van der Waals surface area contributed by atoms with Gasteiger partial charge in [0.15, 0.2) is 0 Å². The van der Waals surface area contributed by atoms with Crippen molar-refractivity contribution < 1.29 is 0 Å². The van der Waals surface area contributed by atoms with Gasteiger partial charge in [0.25, 0.3) is 0 Å². The molecule has 2 heterocycles. The van der Waals surface area contributed by atoms with E-state index in [0.29, 0.717) is 17.3 Å². The molecule has 5 heteroatoms. The zero-order valence-electron chi connectivity index (χ0n) is 9.69. The first-order valence-electron chi connectivity index (χ1n) is 5.21. The van der Waals surface area contributed by atoms with E-state index in [4.69, 9.17) is 5.26 Å². The SMILES string of the molecule is Cc1nc(C#N)cc(NCc2sccc2C)n1. The van der Waals surface area contributed by atoms with Gasteiger partial charge in [-0.3, -0.25) is 0 Å². The number of thiophene rings is 1. The van der Waals surface area contributed by atoms with Crippen molar-refractivity contribution in [2.24, 2.45) is 0 Å². The highest BCUT2D eigenvalue weighted by molar-refractivity contribution is 7.10. The fourth-order valence-electron chi connectivity index (χ4n) is 1.47. The lowest BCUT2D eigenvalue weighted by Gasteiger charge is -2.05. The highest BCUT2D eigenvalue weighted by Gasteiger charge is 2.03. The predicted molar refractivity (Wildman–Crippen MR) is 67.9 cm³/mol. The summed E-state index contributed by atoms with van der Waals surface area (Å²) in [6.07, 6.45) is 0. The lowest BCUT2D eigenvalue weighted by molar-refractivity contribution is 1.01. The zero-order valence-corrected chi connectivity index (χ0v) is 10.5. The standard InChI is InChI=1S/C12H12N4S/c1-8-3-4-17-11(8)7-14-12-5-10(6-13)15-9(2)16-12/h3-5H,7H2,1-2H3,(H,14,15,16). The highest BCUT2D eigenvalue weighted by Crippen LogP contribution is 2.17. The number of nitrogens with zero attached hydrogens (tertiary/aromatic N) is 3. The third-order valence-corrected chi connectivity index (χ3v) is 3.37. The van der Waals surface area contributed by atoms with Gasteiger partial charge in [0.2, 0.25) is 0 Å². The van der Waals surface area contributed by atoms with Crippen LogP contribution < -0.4 is 5.32 Å². The Labute approximate surface area is 104 Å². The first kappa shape index (κ1) is 11.6. The summed E-state index contributed by atoms with van der Waals surface area (Å²) in [6.45, 7) is 4.59.